The number of anilines is 1. The van der Waals surface area contributed by atoms with Crippen molar-refractivity contribution in [2.45, 2.75) is 26.1 Å². The summed E-state index contributed by atoms with van der Waals surface area (Å²) in [7, 11) is 0. The van der Waals surface area contributed by atoms with Crippen LogP contribution in [-0.4, -0.2) is 41.4 Å². The molecule has 1 fully saturated rings. The first-order valence-electron chi connectivity index (χ1n) is 8.90. The average Bonchev–Trinajstić information content (AvgIpc) is 2.65. The van der Waals surface area contributed by atoms with Crippen LogP contribution in [0.5, 0.6) is 0 Å². The molecular formula is C21H24N4O. The number of nitriles is 1. The summed E-state index contributed by atoms with van der Waals surface area (Å²) in [5.41, 5.74) is 3.24. The molecule has 1 unspecified atom stereocenters. The Morgan fingerprint density at radius 3 is 2.42 bits per heavy atom. The predicted molar refractivity (Wildman–Crippen MR) is 102 cm³/mol. The topological polar surface area (TPSA) is 59.4 Å². The fourth-order valence-electron chi connectivity index (χ4n) is 3.31. The summed E-state index contributed by atoms with van der Waals surface area (Å²) in [4.78, 5) is 15.7. The lowest BCUT2D eigenvalue weighted by molar-refractivity contribution is -0.114. The minimum Gasteiger partial charge on any atom is -0.326 e. The second kappa shape index (κ2) is 8.61. The van der Waals surface area contributed by atoms with Crippen LogP contribution in [0.2, 0.25) is 0 Å². The first kappa shape index (κ1) is 18.1. The van der Waals surface area contributed by atoms with E-state index >= 15 is 0 Å². The van der Waals surface area contributed by atoms with E-state index in [-0.39, 0.29) is 11.9 Å². The van der Waals surface area contributed by atoms with Crippen molar-refractivity contribution in [3.63, 3.8) is 0 Å². The van der Waals surface area contributed by atoms with Gasteiger partial charge in [0.2, 0.25) is 5.91 Å². The summed E-state index contributed by atoms with van der Waals surface area (Å²) in [5.74, 6) is -0.0656. The lowest BCUT2D eigenvalue weighted by atomic mass is 10.1. The average molecular weight is 348 g/mol. The molecule has 0 radical (unpaired) electrons. The maximum absolute atomic E-state index is 11.1. The highest BCUT2D eigenvalue weighted by atomic mass is 16.1. The third kappa shape index (κ3) is 4.92. The van der Waals surface area contributed by atoms with E-state index in [9.17, 15) is 10.1 Å². The highest BCUT2D eigenvalue weighted by Gasteiger charge is 2.26. The van der Waals surface area contributed by atoms with E-state index in [0.717, 1.165) is 38.4 Å². The SMILES string of the molecule is CC(=O)Nc1ccc(CN2CCN(Cc3ccccc3)C(C#N)C2)cc1. The Morgan fingerprint density at radius 2 is 1.77 bits per heavy atom. The predicted octanol–water partition coefficient (Wildman–Crippen LogP) is 2.85. The largest absolute Gasteiger partial charge is 0.326 e. The lowest BCUT2D eigenvalue weighted by Crippen LogP contribution is -2.51. The van der Waals surface area contributed by atoms with Gasteiger partial charge in [0.25, 0.3) is 0 Å². The van der Waals surface area contributed by atoms with Crippen molar-refractivity contribution in [3.05, 3.63) is 65.7 Å². The van der Waals surface area contributed by atoms with Crippen LogP contribution < -0.4 is 5.32 Å². The molecule has 1 saturated heterocycles. The van der Waals surface area contributed by atoms with Gasteiger partial charge in [-0.1, -0.05) is 42.5 Å². The number of piperazine rings is 1. The maximum atomic E-state index is 11.1. The van der Waals surface area contributed by atoms with Crippen LogP contribution in [-0.2, 0) is 17.9 Å². The fourth-order valence-corrected chi connectivity index (χ4v) is 3.31. The number of benzene rings is 2. The Morgan fingerprint density at radius 1 is 1.08 bits per heavy atom. The minimum absolute atomic E-state index is 0.0656. The van der Waals surface area contributed by atoms with Gasteiger partial charge in [0.15, 0.2) is 0 Å². The van der Waals surface area contributed by atoms with E-state index < -0.39 is 0 Å². The Kier molecular flexibility index (Phi) is 6.00. The zero-order valence-electron chi connectivity index (χ0n) is 15.1. The van der Waals surface area contributed by atoms with Gasteiger partial charge in [-0.3, -0.25) is 14.6 Å². The van der Waals surface area contributed by atoms with Crippen LogP contribution in [0.3, 0.4) is 0 Å². The standard InChI is InChI=1S/C21H24N4O/c1-17(26)23-20-9-7-19(8-10-20)14-24-11-12-25(21(13-22)16-24)15-18-5-3-2-4-6-18/h2-10,21H,11-12,14-16H2,1H3,(H,23,26). The highest BCUT2D eigenvalue weighted by molar-refractivity contribution is 5.88. The number of nitrogens with zero attached hydrogens (tertiary/aromatic N) is 3. The van der Waals surface area contributed by atoms with Gasteiger partial charge in [0, 0.05) is 45.3 Å². The van der Waals surface area contributed by atoms with Crippen LogP contribution in [0.1, 0.15) is 18.1 Å². The van der Waals surface area contributed by atoms with Gasteiger partial charge < -0.3 is 5.32 Å². The molecule has 1 N–H and O–H groups in total. The Hall–Kier alpha value is -2.68. The van der Waals surface area contributed by atoms with Crippen molar-refractivity contribution in [1.82, 2.24) is 9.80 Å². The number of nitrogens with one attached hydrogen (secondary N) is 1. The highest BCUT2D eigenvalue weighted by Crippen LogP contribution is 2.17. The van der Waals surface area contributed by atoms with Gasteiger partial charge >= 0.3 is 0 Å². The molecule has 5 heteroatoms. The smallest absolute Gasteiger partial charge is 0.221 e. The first-order chi connectivity index (χ1) is 12.6. The number of rotatable bonds is 5. The van der Waals surface area contributed by atoms with Gasteiger partial charge in [-0.2, -0.15) is 5.26 Å². The summed E-state index contributed by atoms with van der Waals surface area (Å²) in [6, 6.07) is 20.6. The van der Waals surface area contributed by atoms with E-state index in [1.54, 1.807) is 0 Å². The maximum Gasteiger partial charge on any atom is 0.221 e. The summed E-state index contributed by atoms with van der Waals surface area (Å²) < 4.78 is 0. The zero-order chi connectivity index (χ0) is 18.4. The molecule has 0 aromatic heterocycles. The summed E-state index contributed by atoms with van der Waals surface area (Å²) >= 11 is 0. The van der Waals surface area contributed by atoms with Crippen molar-refractivity contribution < 1.29 is 4.79 Å². The molecule has 0 aliphatic carbocycles. The van der Waals surface area contributed by atoms with Crippen molar-refractivity contribution in [1.29, 1.82) is 5.26 Å². The molecular weight excluding hydrogens is 324 g/mol. The van der Waals surface area contributed by atoms with Crippen molar-refractivity contribution >= 4 is 11.6 Å². The van der Waals surface area contributed by atoms with Crippen LogP contribution in [0.15, 0.2) is 54.6 Å². The van der Waals surface area contributed by atoms with Crippen molar-refractivity contribution in [2.75, 3.05) is 25.0 Å². The lowest BCUT2D eigenvalue weighted by Gasteiger charge is -2.38. The van der Waals surface area contributed by atoms with E-state index in [2.05, 4.69) is 33.3 Å². The van der Waals surface area contributed by atoms with Gasteiger partial charge in [0.05, 0.1) is 6.07 Å². The molecule has 1 aliphatic heterocycles. The number of carbonyl (C=O) groups excluding carboxylic acids is 1. The number of amides is 1. The minimum atomic E-state index is -0.0948. The Bertz CT molecular complexity index is 767. The van der Waals surface area contributed by atoms with Crippen molar-refractivity contribution in [3.8, 4) is 6.07 Å². The van der Waals surface area contributed by atoms with Crippen LogP contribution in [0, 0.1) is 11.3 Å². The van der Waals surface area contributed by atoms with Gasteiger partial charge in [-0.05, 0) is 23.3 Å². The zero-order valence-corrected chi connectivity index (χ0v) is 15.1. The molecule has 1 heterocycles. The van der Waals surface area contributed by atoms with Gasteiger partial charge in [-0.25, -0.2) is 0 Å². The fraction of sp³-hybridized carbons (Fsp3) is 0.333. The molecule has 1 amide bonds. The second-order valence-electron chi connectivity index (χ2n) is 6.71. The monoisotopic (exact) mass is 348 g/mol. The van der Waals surface area contributed by atoms with Gasteiger partial charge in [0.1, 0.15) is 6.04 Å². The molecule has 0 saturated carbocycles. The quantitative estimate of drug-likeness (QED) is 0.903. The Balaban J connectivity index is 1.57. The molecule has 2 aromatic rings. The van der Waals surface area contributed by atoms with E-state index in [4.69, 9.17) is 0 Å². The molecule has 1 atom stereocenters. The van der Waals surface area contributed by atoms with Crippen molar-refractivity contribution in [2.24, 2.45) is 0 Å². The van der Waals surface area contributed by atoms with E-state index in [0.29, 0.717) is 0 Å². The van der Waals surface area contributed by atoms with Crippen LogP contribution >= 0.6 is 0 Å². The van der Waals surface area contributed by atoms with Gasteiger partial charge in [-0.15, -0.1) is 0 Å². The summed E-state index contributed by atoms with van der Waals surface area (Å²) in [6.45, 7) is 5.72. The molecule has 134 valence electrons. The molecule has 0 spiro atoms. The molecule has 2 aromatic carbocycles. The Labute approximate surface area is 154 Å². The molecule has 26 heavy (non-hydrogen) atoms. The normalized spacial score (nSPS) is 18.2. The van der Waals surface area contributed by atoms with Crippen LogP contribution in [0.25, 0.3) is 0 Å². The summed E-state index contributed by atoms with van der Waals surface area (Å²) in [6.07, 6.45) is 0. The van der Waals surface area contributed by atoms with E-state index in [1.165, 1.54) is 18.1 Å². The molecule has 5 nitrogen and oxygen atoms in total. The third-order valence-electron chi connectivity index (χ3n) is 4.63. The number of hydrogen-bond acceptors (Lipinski definition) is 4. The first-order valence-corrected chi connectivity index (χ1v) is 8.90. The number of carbonyl (C=O) groups is 1. The molecule has 1 aliphatic rings. The summed E-state index contributed by atoms with van der Waals surface area (Å²) in [5, 5.41) is 12.4. The molecule has 3 rings (SSSR count). The van der Waals surface area contributed by atoms with Crippen LogP contribution in [0.4, 0.5) is 5.69 Å². The second-order valence-corrected chi connectivity index (χ2v) is 6.71. The van der Waals surface area contributed by atoms with E-state index in [1.807, 2.05) is 42.5 Å². The molecule has 0 bridgehead atoms. The number of hydrogen-bond donors (Lipinski definition) is 1. The third-order valence-corrected chi connectivity index (χ3v) is 4.63.